The van der Waals surface area contributed by atoms with Crippen molar-refractivity contribution in [3.8, 4) is 0 Å². The van der Waals surface area contributed by atoms with Crippen molar-refractivity contribution in [1.29, 1.82) is 0 Å². The minimum absolute atomic E-state index is 0.0190. The number of rotatable bonds is 4. The lowest BCUT2D eigenvalue weighted by Crippen LogP contribution is -2.46. The van der Waals surface area contributed by atoms with E-state index in [2.05, 4.69) is 5.32 Å². The van der Waals surface area contributed by atoms with Crippen LogP contribution in [-0.2, 0) is 16.0 Å². The summed E-state index contributed by atoms with van der Waals surface area (Å²) in [5, 5.41) is 2.67. The molecule has 2 atom stereocenters. The van der Waals surface area contributed by atoms with Crippen LogP contribution < -0.4 is 11.1 Å². The molecule has 2 amide bonds. The van der Waals surface area contributed by atoms with Crippen LogP contribution in [0.5, 0.6) is 0 Å². The molecule has 3 N–H and O–H groups in total. The van der Waals surface area contributed by atoms with Gasteiger partial charge in [0.15, 0.2) is 0 Å². The summed E-state index contributed by atoms with van der Waals surface area (Å²) in [4.78, 5) is 26.0. The van der Waals surface area contributed by atoms with Crippen LogP contribution in [0.1, 0.15) is 18.9 Å². The average Bonchev–Trinajstić information content (AvgIpc) is 2.90. The van der Waals surface area contributed by atoms with Gasteiger partial charge in [0.2, 0.25) is 11.8 Å². The number of benzene rings is 1. The molecule has 1 saturated heterocycles. The second-order valence-corrected chi connectivity index (χ2v) is 5.95. The Bertz CT molecular complexity index is 518. The molecule has 1 heterocycles. The Labute approximate surface area is 125 Å². The van der Waals surface area contributed by atoms with E-state index in [0.717, 1.165) is 5.56 Å². The van der Waals surface area contributed by atoms with Crippen molar-refractivity contribution in [3.05, 3.63) is 35.9 Å². The fourth-order valence-corrected chi connectivity index (χ4v) is 2.83. The standard InChI is InChI=1S/C16H23N3O2/c1-16(15(21)18-2)8-9-19(11-16)14(20)13(17)10-12-6-4-3-5-7-12/h3-7,13H,8-11,17H2,1-2H3,(H,18,21)/t13-,16?/m1/s1. The maximum absolute atomic E-state index is 12.4. The lowest BCUT2D eigenvalue weighted by Gasteiger charge is -2.24. The van der Waals surface area contributed by atoms with E-state index in [-0.39, 0.29) is 11.8 Å². The molecule has 114 valence electrons. The molecule has 5 nitrogen and oxygen atoms in total. The molecule has 1 unspecified atom stereocenters. The monoisotopic (exact) mass is 289 g/mol. The molecule has 1 aliphatic heterocycles. The quantitative estimate of drug-likeness (QED) is 0.849. The van der Waals surface area contributed by atoms with E-state index < -0.39 is 11.5 Å². The summed E-state index contributed by atoms with van der Waals surface area (Å²) < 4.78 is 0. The number of hydrogen-bond acceptors (Lipinski definition) is 3. The van der Waals surface area contributed by atoms with Gasteiger partial charge < -0.3 is 16.0 Å². The van der Waals surface area contributed by atoms with E-state index in [4.69, 9.17) is 5.73 Å². The van der Waals surface area contributed by atoms with Gasteiger partial charge >= 0.3 is 0 Å². The minimum atomic E-state index is -0.556. The minimum Gasteiger partial charge on any atom is -0.359 e. The van der Waals surface area contributed by atoms with Gasteiger partial charge in [0.25, 0.3) is 0 Å². The topological polar surface area (TPSA) is 75.4 Å². The highest BCUT2D eigenvalue weighted by molar-refractivity contribution is 5.86. The van der Waals surface area contributed by atoms with Crippen LogP contribution in [0.2, 0.25) is 0 Å². The second-order valence-electron chi connectivity index (χ2n) is 5.95. The van der Waals surface area contributed by atoms with Crippen molar-refractivity contribution in [2.45, 2.75) is 25.8 Å². The Morgan fingerprint density at radius 1 is 1.38 bits per heavy atom. The maximum Gasteiger partial charge on any atom is 0.239 e. The van der Waals surface area contributed by atoms with Gasteiger partial charge in [-0.25, -0.2) is 0 Å². The molecule has 0 bridgehead atoms. The molecule has 0 saturated carbocycles. The van der Waals surface area contributed by atoms with Gasteiger partial charge in [-0.2, -0.15) is 0 Å². The van der Waals surface area contributed by atoms with Gasteiger partial charge in [-0.3, -0.25) is 9.59 Å². The Balaban J connectivity index is 1.97. The molecule has 0 aliphatic carbocycles. The third kappa shape index (κ3) is 3.42. The summed E-state index contributed by atoms with van der Waals surface area (Å²) in [7, 11) is 1.62. The lowest BCUT2D eigenvalue weighted by molar-refractivity contribution is -0.133. The Morgan fingerprint density at radius 2 is 2.05 bits per heavy atom. The summed E-state index contributed by atoms with van der Waals surface area (Å²) in [5.41, 5.74) is 6.58. The van der Waals surface area contributed by atoms with Crippen molar-refractivity contribution >= 4 is 11.8 Å². The summed E-state index contributed by atoms with van der Waals surface area (Å²) in [5.74, 6) is -0.0964. The highest BCUT2D eigenvalue weighted by Gasteiger charge is 2.42. The molecule has 2 rings (SSSR count). The number of likely N-dealkylation sites (tertiary alicyclic amines) is 1. The molecular formula is C16H23N3O2. The molecule has 21 heavy (non-hydrogen) atoms. The predicted octanol–water partition coefficient (Wildman–Crippen LogP) is 0.541. The first-order valence-corrected chi connectivity index (χ1v) is 7.27. The summed E-state index contributed by atoms with van der Waals surface area (Å²) in [6.07, 6.45) is 1.20. The predicted molar refractivity (Wildman–Crippen MR) is 81.5 cm³/mol. The van der Waals surface area contributed by atoms with E-state index in [1.165, 1.54) is 0 Å². The van der Waals surface area contributed by atoms with Crippen LogP contribution in [0.15, 0.2) is 30.3 Å². The number of amides is 2. The van der Waals surface area contributed by atoms with Crippen molar-refractivity contribution in [2.24, 2.45) is 11.1 Å². The number of nitrogens with one attached hydrogen (secondary N) is 1. The highest BCUT2D eigenvalue weighted by atomic mass is 16.2. The van der Waals surface area contributed by atoms with Gasteiger partial charge in [0.05, 0.1) is 11.5 Å². The van der Waals surface area contributed by atoms with Crippen molar-refractivity contribution < 1.29 is 9.59 Å². The van der Waals surface area contributed by atoms with E-state index in [0.29, 0.717) is 25.9 Å². The third-order valence-electron chi connectivity index (χ3n) is 4.18. The molecule has 5 heteroatoms. The first-order valence-electron chi connectivity index (χ1n) is 7.27. The summed E-state index contributed by atoms with van der Waals surface area (Å²) in [6.45, 7) is 2.92. The third-order valence-corrected chi connectivity index (χ3v) is 4.18. The lowest BCUT2D eigenvalue weighted by atomic mass is 9.89. The first kappa shape index (κ1) is 15.5. The Kier molecular flexibility index (Phi) is 4.63. The van der Waals surface area contributed by atoms with Crippen molar-refractivity contribution in [2.75, 3.05) is 20.1 Å². The van der Waals surface area contributed by atoms with E-state index in [1.54, 1.807) is 11.9 Å². The average molecular weight is 289 g/mol. The number of carbonyl (C=O) groups excluding carboxylic acids is 2. The fraction of sp³-hybridized carbons (Fsp3) is 0.500. The molecule has 0 spiro atoms. The molecule has 0 aromatic heterocycles. The van der Waals surface area contributed by atoms with Crippen LogP contribution in [0.3, 0.4) is 0 Å². The smallest absolute Gasteiger partial charge is 0.239 e. The zero-order valence-electron chi connectivity index (χ0n) is 12.6. The van der Waals surface area contributed by atoms with Gasteiger partial charge in [-0.15, -0.1) is 0 Å². The normalized spacial score (nSPS) is 22.9. The van der Waals surface area contributed by atoms with Crippen LogP contribution in [0, 0.1) is 5.41 Å². The largest absolute Gasteiger partial charge is 0.359 e. The van der Waals surface area contributed by atoms with Gasteiger partial charge in [-0.1, -0.05) is 30.3 Å². The summed E-state index contributed by atoms with van der Waals surface area (Å²) >= 11 is 0. The van der Waals surface area contributed by atoms with Crippen LogP contribution in [0.4, 0.5) is 0 Å². The summed E-state index contributed by atoms with van der Waals surface area (Å²) in [6, 6.07) is 9.18. The van der Waals surface area contributed by atoms with Gasteiger partial charge in [0.1, 0.15) is 0 Å². The van der Waals surface area contributed by atoms with E-state index in [9.17, 15) is 9.59 Å². The van der Waals surface area contributed by atoms with E-state index >= 15 is 0 Å². The zero-order chi connectivity index (χ0) is 15.5. The van der Waals surface area contributed by atoms with Gasteiger partial charge in [0, 0.05) is 20.1 Å². The number of carbonyl (C=O) groups is 2. The molecular weight excluding hydrogens is 266 g/mol. The molecule has 1 aromatic carbocycles. The highest BCUT2D eigenvalue weighted by Crippen LogP contribution is 2.30. The number of nitrogens with two attached hydrogens (primary N) is 1. The van der Waals surface area contributed by atoms with Crippen molar-refractivity contribution in [3.63, 3.8) is 0 Å². The fourth-order valence-electron chi connectivity index (χ4n) is 2.83. The van der Waals surface area contributed by atoms with Crippen molar-refractivity contribution in [1.82, 2.24) is 10.2 Å². The number of hydrogen-bond donors (Lipinski definition) is 2. The second kappa shape index (κ2) is 6.26. The Morgan fingerprint density at radius 3 is 2.67 bits per heavy atom. The Hall–Kier alpha value is -1.88. The first-order chi connectivity index (χ1) is 9.96. The van der Waals surface area contributed by atoms with Crippen LogP contribution in [-0.4, -0.2) is 42.9 Å². The van der Waals surface area contributed by atoms with Crippen LogP contribution in [0.25, 0.3) is 0 Å². The molecule has 1 fully saturated rings. The molecule has 1 aromatic rings. The maximum atomic E-state index is 12.4. The zero-order valence-corrected chi connectivity index (χ0v) is 12.6. The SMILES string of the molecule is CNC(=O)C1(C)CCN(C(=O)[C@H](N)Cc2ccccc2)C1. The van der Waals surface area contributed by atoms with E-state index in [1.807, 2.05) is 37.3 Å². The van der Waals surface area contributed by atoms with Gasteiger partial charge in [-0.05, 0) is 25.3 Å². The van der Waals surface area contributed by atoms with Crippen LogP contribution >= 0.6 is 0 Å². The number of nitrogens with zero attached hydrogens (tertiary/aromatic N) is 1. The molecule has 0 radical (unpaired) electrons. The molecule has 1 aliphatic rings.